The molecule has 0 bridgehead atoms. The molecule has 0 unspecified atom stereocenters. The lowest BCUT2D eigenvalue weighted by Crippen LogP contribution is -2.31. The van der Waals surface area contributed by atoms with Crippen molar-refractivity contribution in [3.8, 4) is 0 Å². The Bertz CT molecular complexity index is 475. The summed E-state index contributed by atoms with van der Waals surface area (Å²) in [5, 5.41) is 5.80. The second-order valence-corrected chi connectivity index (χ2v) is 4.92. The predicted molar refractivity (Wildman–Crippen MR) is 79.0 cm³/mol. The maximum absolute atomic E-state index is 11.5. The molecule has 19 heavy (non-hydrogen) atoms. The Morgan fingerprint density at radius 1 is 1.47 bits per heavy atom. The number of carbonyl (C=O) groups excluding carboxylic acids is 1. The molecule has 1 amide bonds. The van der Waals surface area contributed by atoms with Gasteiger partial charge in [0.15, 0.2) is 0 Å². The number of nitrogens with one attached hydrogen (secondary N) is 2. The van der Waals surface area contributed by atoms with Gasteiger partial charge >= 0.3 is 0 Å². The third-order valence-electron chi connectivity index (χ3n) is 2.19. The molecule has 7 heteroatoms. The van der Waals surface area contributed by atoms with Crippen LogP contribution in [0.15, 0.2) is 6.07 Å². The molecule has 0 radical (unpaired) electrons. The molecule has 104 valence electrons. The third kappa shape index (κ3) is 5.60. The van der Waals surface area contributed by atoms with Gasteiger partial charge in [0.2, 0.25) is 11.9 Å². The lowest BCUT2D eigenvalue weighted by atomic mass is 10.3. The molecule has 0 saturated carbocycles. The highest BCUT2D eigenvalue weighted by molar-refractivity contribution is 7.80. The number of aromatic nitrogens is 2. The Kier molecular flexibility index (Phi) is 5.62. The van der Waals surface area contributed by atoms with E-state index in [0.29, 0.717) is 24.6 Å². The fourth-order valence-corrected chi connectivity index (χ4v) is 1.56. The zero-order valence-electron chi connectivity index (χ0n) is 11.4. The minimum absolute atomic E-state index is 0.00952. The minimum Gasteiger partial charge on any atom is -0.388 e. The molecule has 0 atom stereocenters. The van der Waals surface area contributed by atoms with E-state index in [4.69, 9.17) is 18.0 Å². The van der Waals surface area contributed by atoms with Gasteiger partial charge in [-0.2, -0.15) is 0 Å². The van der Waals surface area contributed by atoms with Crippen molar-refractivity contribution >= 4 is 29.1 Å². The van der Waals surface area contributed by atoms with Gasteiger partial charge < -0.3 is 16.4 Å². The van der Waals surface area contributed by atoms with Crippen LogP contribution < -0.4 is 16.4 Å². The Balaban J connectivity index is 2.54. The summed E-state index contributed by atoms with van der Waals surface area (Å²) >= 11 is 4.88. The van der Waals surface area contributed by atoms with Crippen molar-refractivity contribution in [2.75, 3.05) is 11.9 Å². The van der Waals surface area contributed by atoms with E-state index in [1.165, 1.54) is 0 Å². The summed E-state index contributed by atoms with van der Waals surface area (Å²) in [6.45, 7) is 6.13. The Morgan fingerprint density at radius 3 is 2.74 bits per heavy atom. The molecule has 1 rings (SSSR count). The van der Waals surface area contributed by atoms with Gasteiger partial charge in [-0.05, 0) is 26.8 Å². The van der Waals surface area contributed by atoms with E-state index < -0.39 is 0 Å². The van der Waals surface area contributed by atoms with E-state index in [2.05, 4.69) is 20.6 Å². The molecular formula is C12H19N5OS. The highest BCUT2D eigenvalue weighted by Gasteiger charge is 2.06. The van der Waals surface area contributed by atoms with Crippen molar-refractivity contribution < 1.29 is 4.79 Å². The maximum Gasteiger partial charge on any atom is 0.223 e. The van der Waals surface area contributed by atoms with E-state index in [1.807, 2.05) is 20.8 Å². The Labute approximate surface area is 118 Å². The lowest BCUT2D eigenvalue weighted by Gasteiger charge is -2.09. The SMILES string of the molecule is Cc1cc(C(N)=S)nc(NCCC(=O)NC(C)C)n1. The average Bonchev–Trinajstić information content (AvgIpc) is 2.27. The van der Waals surface area contributed by atoms with Crippen molar-refractivity contribution in [1.82, 2.24) is 15.3 Å². The number of nitrogens with two attached hydrogens (primary N) is 1. The fraction of sp³-hybridized carbons (Fsp3) is 0.500. The number of nitrogens with zero attached hydrogens (tertiary/aromatic N) is 2. The number of rotatable bonds is 6. The van der Waals surface area contributed by atoms with E-state index in [9.17, 15) is 4.79 Å². The number of thiocarbonyl (C=S) groups is 1. The van der Waals surface area contributed by atoms with Gasteiger partial charge in [-0.15, -0.1) is 0 Å². The van der Waals surface area contributed by atoms with Crippen LogP contribution in [0.5, 0.6) is 0 Å². The van der Waals surface area contributed by atoms with E-state index >= 15 is 0 Å². The number of anilines is 1. The number of amides is 1. The van der Waals surface area contributed by atoms with Crippen LogP contribution in [0.25, 0.3) is 0 Å². The molecule has 1 aromatic rings. The highest BCUT2D eigenvalue weighted by atomic mass is 32.1. The zero-order chi connectivity index (χ0) is 14.4. The van der Waals surface area contributed by atoms with Crippen LogP contribution in [-0.4, -0.2) is 33.5 Å². The molecule has 1 aromatic heterocycles. The molecular weight excluding hydrogens is 262 g/mol. The summed E-state index contributed by atoms with van der Waals surface area (Å²) in [5.41, 5.74) is 6.83. The quantitative estimate of drug-likeness (QED) is 0.666. The van der Waals surface area contributed by atoms with Crippen LogP contribution in [0.2, 0.25) is 0 Å². The molecule has 0 spiro atoms. The van der Waals surface area contributed by atoms with Crippen LogP contribution in [0, 0.1) is 6.92 Å². The molecule has 0 aliphatic carbocycles. The fourth-order valence-electron chi connectivity index (χ4n) is 1.46. The summed E-state index contributed by atoms with van der Waals surface area (Å²) < 4.78 is 0. The van der Waals surface area contributed by atoms with Crippen molar-refractivity contribution in [2.24, 2.45) is 5.73 Å². The number of hydrogen-bond donors (Lipinski definition) is 3. The molecule has 0 fully saturated rings. The summed E-state index contributed by atoms with van der Waals surface area (Å²) in [4.78, 5) is 20.1. The van der Waals surface area contributed by atoms with E-state index in [1.54, 1.807) is 6.07 Å². The van der Waals surface area contributed by atoms with Crippen LogP contribution in [-0.2, 0) is 4.79 Å². The number of aryl methyl sites for hydroxylation is 1. The van der Waals surface area contributed by atoms with Gasteiger partial charge in [-0.25, -0.2) is 9.97 Å². The molecule has 0 aliphatic rings. The molecule has 4 N–H and O–H groups in total. The van der Waals surface area contributed by atoms with Gasteiger partial charge in [0.1, 0.15) is 10.7 Å². The number of carbonyl (C=O) groups is 1. The number of hydrogen-bond acceptors (Lipinski definition) is 5. The summed E-state index contributed by atoms with van der Waals surface area (Å²) in [7, 11) is 0. The first kappa shape index (κ1) is 15.3. The molecule has 0 aromatic carbocycles. The van der Waals surface area contributed by atoms with E-state index in [-0.39, 0.29) is 16.9 Å². The first-order chi connectivity index (χ1) is 8.88. The third-order valence-corrected chi connectivity index (χ3v) is 2.40. The molecule has 6 nitrogen and oxygen atoms in total. The van der Waals surface area contributed by atoms with Gasteiger partial charge in [-0.3, -0.25) is 4.79 Å². The van der Waals surface area contributed by atoms with E-state index in [0.717, 1.165) is 5.69 Å². The zero-order valence-corrected chi connectivity index (χ0v) is 12.2. The Hall–Kier alpha value is -1.76. The topological polar surface area (TPSA) is 92.9 Å². The van der Waals surface area contributed by atoms with Gasteiger partial charge in [0.05, 0.1) is 0 Å². The van der Waals surface area contributed by atoms with Crippen molar-refractivity contribution in [2.45, 2.75) is 33.2 Å². The van der Waals surface area contributed by atoms with Crippen LogP contribution in [0.4, 0.5) is 5.95 Å². The standard InChI is InChI=1S/C12H19N5OS/c1-7(2)15-10(18)4-5-14-12-16-8(3)6-9(17-12)11(13)19/h6-7H,4-5H2,1-3H3,(H2,13,19)(H,15,18)(H,14,16,17). The summed E-state index contributed by atoms with van der Waals surface area (Å²) in [5.74, 6) is 0.421. The van der Waals surface area contributed by atoms with Crippen molar-refractivity contribution in [3.63, 3.8) is 0 Å². The molecule has 1 heterocycles. The van der Waals surface area contributed by atoms with Crippen LogP contribution in [0.1, 0.15) is 31.7 Å². The second-order valence-electron chi connectivity index (χ2n) is 4.48. The second kappa shape index (κ2) is 6.98. The lowest BCUT2D eigenvalue weighted by molar-refractivity contribution is -0.121. The average molecular weight is 281 g/mol. The van der Waals surface area contributed by atoms with Crippen molar-refractivity contribution in [1.29, 1.82) is 0 Å². The molecule has 0 saturated heterocycles. The Morgan fingerprint density at radius 2 is 2.16 bits per heavy atom. The predicted octanol–water partition coefficient (Wildman–Crippen LogP) is 0.746. The maximum atomic E-state index is 11.5. The summed E-state index contributed by atoms with van der Waals surface area (Å²) in [6, 6.07) is 1.86. The summed E-state index contributed by atoms with van der Waals surface area (Å²) in [6.07, 6.45) is 0.359. The minimum atomic E-state index is -0.00952. The van der Waals surface area contributed by atoms with Crippen LogP contribution in [0.3, 0.4) is 0 Å². The van der Waals surface area contributed by atoms with Crippen LogP contribution >= 0.6 is 12.2 Å². The monoisotopic (exact) mass is 281 g/mol. The van der Waals surface area contributed by atoms with Gasteiger partial charge in [-0.1, -0.05) is 12.2 Å². The largest absolute Gasteiger partial charge is 0.388 e. The highest BCUT2D eigenvalue weighted by Crippen LogP contribution is 2.04. The molecule has 0 aliphatic heterocycles. The van der Waals surface area contributed by atoms with Gasteiger partial charge in [0.25, 0.3) is 0 Å². The van der Waals surface area contributed by atoms with Gasteiger partial charge in [0, 0.05) is 24.7 Å². The smallest absolute Gasteiger partial charge is 0.223 e. The first-order valence-electron chi connectivity index (χ1n) is 6.07. The normalized spacial score (nSPS) is 10.3. The first-order valence-corrected chi connectivity index (χ1v) is 6.48. The van der Waals surface area contributed by atoms with Crippen molar-refractivity contribution in [3.05, 3.63) is 17.5 Å².